The molecule has 0 spiro atoms. The van der Waals surface area contributed by atoms with Crippen molar-refractivity contribution in [2.45, 2.75) is 18.8 Å². The zero-order valence-corrected chi connectivity index (χ0v) is 7.66. The Bertz CT molecular complexity index is 121. The summed E-state index contributed by atoms with van der Waals surface area (Å²) in [6.07, 6.45) is -4.20. The van der Waals surface area contributed by atoms with Crippen molar-refractivity contribution in [2.75, 3.05) is 14.2 Å². The van der Waals surface area contributed by atoms with Gasteiger partial charge in [-0.25, -0.2) is 0 Å². The lowest BCUT2D eigenvalue weighted by Crippen LogP contribution is -2.40. The smallest absolute Gasteiger partial charge is 0.391 e. The third-order valence-electron chi connectivity index (χ3n) is 1.39. The molecule has 0 aliphatic heterocycles. The minimum Gasteiger partial charge on any atom is -0.398 e. The normalized spacial score (nSPS) is 13.6. The summed E-state index contributed by atoms with van der Waals surface area (Å²) in [5.74, 6) is 0. The second-order valence-corrected chi connectivity index (χ2v) is 5.77. The van der Waals surface area contributed by atoms with E-state index in [0.29, 0.717) is 0 Å². The molecule has 0 aliphatic carbocycles. The summed E-state index contributed by atoms with van der Waals surface area (Å²) in [6.45, 7) is 1.38. The highest BCUT2D eigenvalue weighted by molar-refractivity contribution is 6.66. The first kappa shape index (κ1) is 10.9. The third-order valence-corrected chi connectivity index (χ3v) is 4.16. The summed E-state index contributed by atoms with van der Waals surface area (Å²) < 4.78 is 44.7. The van der Waals surface area contributed by atoms with Crippen LogP contribution in [0.4, 0.5) is 13.2 Å². The van der Waals surface area contributed by atoms with Crippen molar-refractivity contribution in [3.63, 3.8) is 0 Å². The highest BCUT2D eigenvalue weighted by atomic mass is 28.4. The van der Waals surface area contributed by atoms with Crippen molar-refractivity contribution in [3.8, 4) is 0 Å². The lowest BCUT2D eigenvalue weighted by Gasteiger charge is -2.23. The molecule has 0 atom stereocenters. The molecule has 0 aliphatic rings. The van der Waals surface area contributed by atoms with Crippen LogP contribution >= 0.6 is 0 Å². The molecule has 11 heavy (non-hydrogen) atoms. The standard InChI is InChI=1S/C5H11F3O2Si/c1-9-11(3,10-2)4-5(6,7)8/h4H2,1-3H3. The third kappa shape index (κ3) is 4.38. The molecule has 0 aromatic rings. The minimum atomic E-state index is -4.20. The van der Waals surface area contributed by atoms with Crippen LogP contribution < -0.4 is 0 Å². The van der Waals surface area contributed by atoms with Crippen molar-refractivity contribution >= 4 is 8.56 Å². The van der Waals surface area contributed by atoms with E-state index in [-0.39, 0.29) is 0 Å². The Labute approximate surface area is 64.6 Å². The maximum absolute atomic E-state index is 11.8. The van der Waals surface area contributed by atoms with Crippen LogP contribution in [0.15, 0.2) is 0 Å². The van der Waals surface area contributed by atoms with Crippen molar-refractivity contribution in [1.82, 2.24) is 0 Å². The van der Waals surface area contributed by atoms with Gasteiger partial charge >= 0.3 is 14.7 Å². The van der Waals surface area contributed by atoms with Crippen LogP contribution in [-0.4, -0.2) is 29.0 Å². The first-order valence-electron chi connectivity index (χ1n) is 3.00. The zero-order valence-electron chi connectivity index (χ0n) is 6.66. The molecule has 68 valence electrons. The van der Waals surface area contributed by atoms with Gasteiger partial charge in [0.25, 0.3) is 0 Å². The quantitative estimate of drug-likeness (QED) is 0.630. The van der Waals surface area contributed by atoms with Gasteiger partial charge in [-0.3, -0.25) is 0 Å². The fourth-order valence-electron chi connectivity index (χ4n) is 0.592. The average Bonchev–Trinajstić information content (AvgIpc) is 1.84. The van der Waals surface area contributed by atoms with Crippen LogP contribution in [0.25, 0.3) is 0 Å². The number of rotatable bonds is 3. The molecule has 0 heterocycles. The van der Waals surface area contributed by atoms with Crippen molar-refractivity contribution in [1.29, 1.82) is 0 Å². The largest absolute Gasteiger partial charge is 0.398 e. The first-order chi connectivity index (χ1) is 4.83. The fourth-order valence-corrected chi connectivity index (χ4v) is 1.78. The van der Waals surface area contributed by atoms with Gasteiger partial charge in [-0.1, -0.05) is 0 Å². The molecule has 0 bridgehead atoms. The van der Waals surface area contributed by atoms with E-state index >= 15 is 0 Å². The topological polar surface area (TPSA) is 18.5 Å². The van der Waals surface area contributed by atoms with Gasteiger partial charge in [0.2, 0.25) is 0 Å². The number of hydrogen-bond donors (Lipinski definition) is 0. The maximum Gasteiger partial charge on any atom is 0.391 e. The molecule has 0 rings (SSSR count). The van der Waals surface area contributed by atoms with Crippen LogP contribution in [0, 0.1) is 0 Å². The van der Waals surface area contributed by atoms with Crippen molar-refractivity contribution in [2.24, 2.45) is 0 Å². The Morgan fingerprint density at radius 3 is 1.64 bits per heavy atom. The summed E-state index contributed by atoms with van der Waals surface area (Å²) in [7, 11) is -0.483. The summed E-state index contributed by atoms with van der Waals surface area (Å²) in [5, 5.41) is 0. The van der Waals surface area contributed by atoms with E-state index in [1.54, 1.807) is 0 Å². The van der Waals surface area contributed by atoms with Crippen LogP contribution in [0.1, 0.15) is 0 Å². The highest BCUT2D eigenvalue weighted by Gasteiger charge is 2.43. The summed E-state index contributed by atoms with van der Waals surface area (Å²) in [6, 6.07) is -0.965. The number of alkyl halides is 3. The van der Waals surface area contributed by atoms with Gasteiger partial charge in [0.1, 0.15) is 0 Å². The minimum absolute atomic E-state index is 0.965. The van der Waals surface area contributed by atoms with E-state index < -0.39 is 20.8 Å². The predicted octanol–water partition coefficient (Wildman–Crippen LogP) is 1.91. The second kappa shape index (κ2) is 3.55. The Balaban J connectivity index is 4.08. The van der Waals surface area contributed by atoms with E-state index in [4.69, 9.17) is 0 Å². The van der Waals surface area contributed by atoms with E-state index in [1.165, 1.54) is 20.8 Å². The fraction of sp³-hybridized carbons (Fsp3) is 1.00. The van der Waals surface area contributed by atoms with Gasteiger partial charge in [-0.2, -0.15) is 13.2 Å². The van der Waals surface area contributed by atoms with E-state index in [2.05, 4.69) is 8.85 Å². The summed E-state index contributed by atoms with van der Waals surface area (Å²) in [5.41, 5.74) is 0. The monoisotopic (exact) mass is 188 g/mol. The van der Waals surface area contributed by atoms with Gasteiger partial charge in [0.15, 0.2) is 0 Å². The van der Waals surface area contributed by atoms with Crippen LogP contribution in [0.5, 0.6) is 0 Å². The molecule has 0 saturated carbocycles. The Morgan fingerprint density at radius 2 is 1.55 bits per heavy atom. The van der Waals surface area contributed by atoms with E-state index in [1.807, 2.05) is 0 Å². The van der Waals surface area contributed by atoms with Crippen molar-refractivity contribution < 1.29 is 22.0 Å². The number of hydrogen-bond acceptors (Lipinski definition) is 2. The molecule has 0 N–H and O–H groups in total. The lowest BCUT2D eigenvalue weighted by molar-refractivity contribution is -0.116. The molecule has 0 aromatic carbocycles. The van der Waals surface area contributed by atoms with E-state index in [9.17, 15) is 13.2 Å². The lowest BCUT2D eigenvalue weighted by atomic mass is 10.8. The first-order valence-corrected chi connectivity index (χ1v) is 5.52. The molecule has 0 aromatic heterocycles. The molecule has 0 fully saturated rings. The molecular weight excluding hydrogens is 177 g/mol. The average molecular weight is 188 g/mol. The second-order valence-electron chi connectivity index (χ2n) is 2.33. The Kier molecular flexibility index (Phi) is 3.53. The molecule has 0 amide bonds. The molecule has 6 heteroatoms. The molecule has 2 nitrogen and oxygen atoms in total. The summed E-state index contributed by atoms with van der Waals surface area (Å²) in [4.78, 5) is 0. The van der Waals surface area contributed by atoms with Crippen LogP contribution in [0.3, 0.4) is 0 Å². The van der Waals surface area contributed by atoms with Crippen LogP contribution in [0.2, 0.25) is 12.6 Å². The summed E-state index contributed by atoms with van der Waals surface area (Å²) >= 11 is 0. The molecule has 0 saturated heterocycles. The number of halogens is 3. The van der Waals surface area contributed by atoms with E-state index in [0.717, 1.165) is 0 Å². The molecule has 0 unspecified atom stereocenters. The highest BCUT2D eigenvalue weighted by Crippen LogP contribution is 2.28. The van der Waals surface area contributed by atoms with Gasteiger partial charge in [-0.15, -0.1) is 0 Å². The maximum atomic E-state index is 11.8. The van der Waals surface area contributed by atoms with Gasteiger partial charge in [0.05, 0.1) is 6.04 Å². The predicted molar refractivity (Wildman–Crippen MR) is 36.5 cm³/mol. The van der Waals surface area contributed by atoms with Gasteiger partial charge < -0.3 is 8.85 Å². The van der Waals surface area contributed by atoms with Gasteiger partial charge in [0, 0.05) is 14.2 Å². The molecular formula is C5H11F3O2Si. The SMILES string of the molecule is CO[Si](C)(CC(F)(F)F)OC. The Morgan fingerprint density at radius 1 is 1.18 bits per heavy atom. The van der Waals surface area contributed by atoms with Gasteiger partial charge in [-0.05, 0) is 6.55 Å². The Hall–Kier alpha value is -0.0731. The van der Waals surface area contributed by atoms with Crippen molar-refractivity contribution in [3.05, 3.63) is 0 Å². The van der Waals surface area contributed by atoms with Crippen LogP contribution in [-0.2, 0) is 8.85 Å². The zero-order chi connectivity index (χ0) is 9.12. The molecule has 0 radical (unpaired) electrons.